The molecule has 7 rings (SSSR count). The zero-order chi connectivity index (χ0) is 30.6. The van der Waals surface area contributed by atoms with Gasteiger partial charge in [-0.15, -0.1) is 0 Å². The van der Waals surface area contributed by atoms with Crippen LogP contribution in [0.4, 0.5) is 0 Å². The summed E-state index contributed by atoms with van der Waals surface area (Å²) >= 11 is 0. The van der Waals surface area contributed by atoms with Crippen molar-refractivity contribution in [1.82, 2.24) is 14.5 Å². The molecule has 0 bridgehead atoms. The summed E-state index contributed by atoms with van der Waals surface area (Å²) in [7, 11) is 0. The molecule has 4 aromatic carbocycles. The van der Waals surface area contributed by atoms with Gasteiger partial charge in [-0.25, -0.2) is 4.98 Å². The van der Waals surface area contributed by atoms with Crippen LogP contribution in [0.1, 0.15) is 37.5 Å². The van der Waals surface area contributed by atoms with E-state index in [0.29, 0.717) is 0 Å². The SMILES string of the molecule is Cc1cc(C)c(O)c(-c2cc(C(C)(C)C)cc(-n3c4ccccc4c4ccc(-c5cc(-c6ccccc6)ccn5)cc43)n2)c1. The van der Waals surface area contributed by atoms with Gasteiger partial charge in [0, 0.05) is 28.1 Å². The first kappa shape index (κ1) is 27.6. The fraction of sp³-hybridized carbons (Fsp3) is 0.150. The van der Waals surface area contributed by atoms with Crippen molar-refractivity contribution in [2.75, 3.05) is 0 Å². The molecule has 0 unspecified atom stereocenters. The van der Waals surface area contributed by atoms with Crippen molar-refractivity contribution < 1.29 is 5.11 Å². The Morgan fingerprint density at radius 2 is 1.39 bits per heavy atom. The number of fused-ring (bicyclic) bond motifs is 3. The molecule has 7 aromatic rings. The monoisotopic (exact) mass is 573 g/mol. The van der Waals surface area contributed by atoms with E-state index in [1.165, 1.54) is 5.39 Å². The van der Waals surface area contributed by atoms with Crippen LogP contribution >= 0.6 is 0 Å². The minimum Gasteiger partial charge on any atom is -0.507 e. The highest BCUT2D eigenvalue weighted by molar-refractivity contribution is 6.10. The lowest BCUT2D eigenvalue weighted by Crippen LogP contribution is -2.13. The Bertz CT molecular complexity index is 2190. The molecule has 44 heavy (non-hydrogen) atoms. The van der Waals surface area contributed by atoms with Gasteiger partial charge in [0.1, 0.15) is 11.6 Å². The lowest BCUT2D eigenvalue weighted by Gasteiger charge is -2.22. The van der Waals surface area contributed by atoms with Gasteiger partial charge in [-0.05, 0) is 89.5 Å². The normalized spacial score (nSPS) is 11.8. The standard InChI is InChI=1S/C40H35N3O/c1-25-19-26(2)39(44)33(20-25)35-23-30(40(3,4)5)24-38(42-35)43-36-14-10-9-13-31(36)32-16-15-29(22-37(32)43)34-21-28(17-18-41-34)27-11-7-6-8-12-27/h6-24,44H,1-5H3. The van der Waals surface area contributed by atoms with Gasteiger partial charge in [-0.2, -0.15) is 0 Å². The molecular formula is C40H35N3O. The number of aromatic hydroxyl groups is 1. The molecule has 0 radical (unpaired) electrons. The highest BCUT2D eigenvalue weighted by Crippen LogP contribution is 2.39. The number of benzene rings is 4. The molecule has 0 saturated heterocycles. The van der Waals surface area contributed by atoms with Gasteiger partial charge < -0.3 is 5.11 Å². The molecule has 0 fully saturated rings. The average molecular weight is 574 g/mol. The van der Waals surface area contributed by atoms with Gasteiger partial charge in [0.15, 0.2) is 0 Å². The number of hydrogen-bond donors (Lipinski definition) is 1. The second-order valence-corrected chi connectivity index (χ2v) is 12.7. The largest absolute Gasteiger partial charge is 0.507 e. The quantitative estimate of drug-likeness (QED) is 0.228. The minimum atomic E-state index is -0.132. The maximum Gasteiger partial charge on any atom is 0.138 e. The highest BCUT2D eigenvalue weighted by Gasteiger charge is 2.22. The first-order valence-electron chi connectivity index (χ1n) is 15.1. The first-order chi connectivity index (χ1) is 21.2. The lowest BCUT2D eigenvalue weighted by atomic mass is 9.86. The Morgan fingerprint density at radius 1 is 0.636 bits per heavy atom. The highest BCUT2D eigenvalue weighted by atomic mass is 16.3. The number of nitrogens with zero attached hydrogens (tertiary/aromatic N) is 3. The number of rotatable bonds is 4. The van der Waals surface area contributed by atoms with Crippen molar-refractivity contribution in [2.45, 2.75) is 40.0 Å². The van der Waals surface area contributed by atoms with Crippen LogP contribution in [0.3, 0.4) is 0 Å². The van der Waals surface area contributed by atoms with Gasteiger partial charge in [-0.3, -0.25) is 9.55 Å². The summed E-state index contributed by atoms with van der Waals surface area (Å²) in [5.74, 6) is 1.09. The van der Waals surface area contributed by atoms with Gasteiger partial charge in [0.2, 0.25) is 0 Å². The van der Waals surface area contributed by atoms with E-state index in [9.17, 15) is 5.11 Å². The van der Waals surface area contributed by atoms with Crippen molar-refractivity contribution in [3.8, 4) is 45.2 Å². The zero-order valence-electron chi connectivity index (χ0n) is 25.8. The Hall–Kier alpha value is -5.22. The Morgan fingerprint density at radius 3 is 2.18 bits per heavy atom. The molecule has 4 nitrogen and oxygen atoms in total. The summed E-state index contributed by atoms with van der Waals surface area (Å²) < 4.78 is 2.26. The van der Waals surface area contributed by atoms with Crippen LogP contribution in [-0.4, -0.2) is 19.6 Å². The summed E-state index contributed by atoms with van der Waals surface area (Å²) in [5.41, 5.74) is 10.9. The topological polar surface area (TPSA) is 50.9 Å². The zero-order valence-corrected chi connectivity index (χ0v) is 25.8. The average Bonchev–Trinajstić information content (AvgIpc) is 3.36. The molecule has 0 aliphatic rings. The molecule has 0 aliphatic carbocycles. The lowest BCUT2D eigenvalue weighted by molar-refractivity contribution is 0.472. The van der Waals surface area contributed by atoms with E-state index in [1.54, 1.807) is 0 Å². The van der Waals surface area contributed by atoms with E-state index in [2.05, 4.69) is 123 Å². The Labute approximate surface area is 258 Å². The van der Waals surface area contributed by atoms with Gasteiger partial charge in [-0.1, -0.05) is 87.5 Å². The van der Waals surface area contributed by atoms with E-state index in [4.69, 9.17) is 9.97 Å². The van der Waals surface area contributed by atoms with E-state index in [1.807, 2.05) is 31.3 Å². The van der Waals surface area contributed by atoms with Gasteiger partial charge in [0.05, 0.1) is 22.4 Å². The van der Waals surface area contributed by atoms with Crippen LogP contribution in [0.2, 0.25) is 0 Å². The van der Waals surface area contributed by atoms with Crippen molar-refractivity contribution in [3.05, 3.63) is 132 Å². The van der Waals surface area contributed by atoms with Crippen LogP contribution in [0, 0.1) is 13.8 Å². The molecule has 3 aromatic heterocycles. The van der Waals surface area contributed by atoms with Crippen molar-refractivity contribution >= 4 is 21.8 Å². The smallest absolute Gasteiger partial charge is 0.138 e. The van der Waals surface area contributed by atoms with E-state index in [0.717, 1.165) is 72.6 Å². The second kappa shape index (κ2) is 10.5. The van der Waals surface area contributed by atoms with Gasteiger partial charge in [0.25, 0.3) is 0 Å². The van der Waals surface area contributed by atoms with E-state index >= 15 is 0 Å². The Kier molecular flexibility index (Phi) is 6.58. The van der Waals surface area contributed by atoms with Crippen LogP contribution in [0.25, 0.3) is 61.3 Å². The predicted molar refractivity (Wildman–Crippen MR) is 183 cm³/mol. The molecule has 0 saturated carbocycles. The fourth-order valence-corrected chi connectivity index (χ4v) is 6.13. The summed E-state index contributed by atoms with van der Waals surface area (Å²) in [6.07, 6.45) is 1.88. The number of aryl methyl sites for hydroxylation is 2. The molecule has 0 amide bonds. The van der Waals surface area contributed by atoms with Crippen LogP contribution in [-0.2, 0) is 5.41 Å². The molecule has 0 aliphatic heterocycles. The third kappa shape index (κ3) is 4.83. The van der Waals surface area contributed by atoms with Crippen LogP contribution < -0.4 is 0 Å². The van der Waals surface area contributed by atoms with Crippen LogP contribution in [0.5, 0.6) is 5.75 Å². The predicted octanol–water partition coefficient (Wildman–Crippen LogP) is 10.2. The number of para-hydroxylation sites is 1. The molecule has 4 heteroatoms. The molecule has 1 N–H and O–H groups in total. The molecular weight excluding hydrogens is 538 g/mol. The maximum atomic E-state index is 11.1. The van der Waals surface area contributed by atoms with Crippen molar-refractivity contribution in [3.63, 3.8) is 0 Å². The van der Waals surface area contributed by atoms with Crippen molar-refractivity contribution in [1.29, 1.82) is 0 Å². The number of aromatic nitrogens is 3. The summed E-state index contributed by atoms with van der Waals surface area (Å²) in [6, 6.07) is 38.0. The molecule has 0 spiro atoms. The summed E-state index contributed by atoms with van der Waals surface area (Å²) in [6.45, 7) is 10.6. The number of hydrogen-bond acceptors (Lipinski definition) is 3. The maximum absolute atomic E-state index is 11.1. The van der Waals surface area contributed by atoms with Crippen molar-refractivity contribution in [2.24, 2.45) is 0 Å². The Balaban J connectivity index is 1.49. The number of pyridine rings is 2. The molecule has 0 atom stereocenters. The second-order valence-electron chi connectivity index (χ2n) is 12.7. The molecule has 3 heterocycles. The number of phenolic OH excluding ortho intramolecular Hbond substituents is 1. The van der Waals surface area contributed by atoms with E-state index in [-0.39, 0.29) is 11.2 Å². The minimum absolute atomic E-state index is 0.132. The van der Waals surface area contributed by atoms with E-state index < -0.39 is 0 Å². The number of phenols is 1. The summed E-state index contributed by atoms with van der Waals surface area (Å²) in [5, 5.41) is 13.5. The van der Waals surface area contributed by atoms with Gasteiger partial charge >= 0.3 is 0 Å². The molecule has 216 valence electrons. The third-order valence-electron chi connectivity index (χ3n) is 8.46. The third-order valence-corrected chi connectivity index (χ3v) is 8.46. The van der Waals surface area contributed by atoms with Crippen LogP contribution in [0.15, 0.2) is 115 Å². The fourth-order valence-electron chi connectivity index (χ4n) is 6.13. The summed E-state index contributed by atoms with van der Waals surface area (Å²) in [4.78, 5) is 10.0. The first-order valence-corrected chi connectivity index (χ1v) is 15.1.